The Bertz CT molecular complexity index is 541. The zero-order valence-electron chi connectivity index (χ0n) is 13.1. The molecule has 1 heterocycles. The smallest absolute Gasteiger partial charge is 0.329 e. The van der Waals surface area contributed by atoms with Gasteiger partial charge in [0.2, 0.25) is 0 Å². The van der Waals surface area contributed by atoms with Crippen LogP contribution in [0.15, 0.2) is 0 Å². The highest BCUT2D eigenvalue weighted by Gasteiger charge is 2.37. The van der Waals surface area contributed by atoms with Crippen LogP contribution >= 0.6 is 11.3 Å². The lowest BCUT2D eigenvalue weighted by Gasteiger charge is -2.31. The van der Waals surface area contributed by atoms with E-state index in [1.807, 2.05) is 20.8 Å². The van der Waals surface area contributed by atoms with Crippen LogP contribution < -0.4 is 0 Å². The van der Waals surface area contributed by atoms with E-state index in [0.29, 0.717) is 10.6 Å². The standard InChI is InChI=1S/C14H22N2O3S/c1-8-9(20-11(15-8)13(2,3)4)10(17)16(7)14(5,6)12(18)19/h1-7H3,(H,18,19). The molecule has 0 aromatic carbocycles. The number of aryl methyl sites for hydroxylation is 1. The van der Waals surface area contributed by atoms with E-state index >= 15 is 0 Å². The number of rotatable bonds is 3. The predicted octanol–water partition coefficient (Wildman–Crippen LogP) is 2.68. The first-order chi connectivity index (χ1) is 8.89. The summed E-state index contributed by atoms with van der Waals surface area (Å²) < 4.78 is 0. The third kappa shape index (κ3) is 3.00. The molecule has 0 atom stereocenters. The van der Waals surface area contributed by atoms with Gasteiger partial charge in [-0.25, -0.2) is 9.78 Å². The topological polar surface area (TPSA) is 70.5 Å². The molecule has 0 saturated carbocycles. The summed E-state index contributed by atoms with van der Waals surface area (Å²) in [6.45, 7) is 10.9. The molecule has 0 fully saturated rings. The Morgan fingerprint density at radius 3 is 2.05 bits per heavy atom. The van der Waals surface area contributed by atoms with E-state index in [4.69, 9.17) is 0 Å². The van der Waals surface area contributed by atoms with Crippen LogP contribution in [0.25, 0.3) is 0 Å². The van der Waals surface area contributed by atoms with Crippen LogP contribution in [0.3, 0.4) is 0 Å². The summed E-state index contributed by atoms with van der Waals surface area (Å²) in [7, 11) is 1.51. The molecular weight excluding hydrogens is 276 g/mol. The van der Waals surface area contributed by atoms with Gasteiger partial charge >= 0.3 is 5.97 Å². The van der Waals surface area contributed by atoms with E-state index in [2.05, 4.69) is 4.98 Å². The molecule has 0 spiro atoms. The normalized spacial score (nSPS) is 12.3. The van der Waals surface area contributed by atoms with Crippen LogP contribution in [-0.2, 0) is 10.2 Å². The number of carboxylic acids is 1. The maximum absolute atomic E-state index is 12.5. The van der Waals surface area contributed by atoms with Crippen molar-refractivity contribution in [2.75, 3.05) is 7.05 Å². The fourth-order valence-corrected chi connectivity index (χ4v) is 2.56. The highest BCUT2D eigenvalue weighted by atomic mass is 32.1. The van der Waals surface area contributed by atoms with Crippen molar-refractivity contribution in [1.29, 1.82) is 0 Å². The van der Waals surface area contributed by atoms with Crippen molar-refractivity contribution in [1.82, 2.24) is 9.88 Å². The number of amides is 1. The molecule has 1 rings (SSSR count). The molecule has 20 heavy (non-hydrogen) atoms. The fourth-order valence-electron chi connectivity index (χ4n) is 1.47. The number of carbonyl (C=O) groups excluding carboxylic acids is 1. The Labute approximate surface area is 123 Å². The Morgan fingerprint density at radius 2 is 1.70 bits per heavy atom. The number of thiazole rings is 1. The van der Waals surface area contributed by atoms with E-state index in [-0.39, 0.29) is 11.3 Å². The molecule has 0 unspecified atom stereocenters. The average molecular weight is 298 g/mol. The number of aliphatic carboxylic acids is 1. The molecule has 0 aliphatic heterocycles. The van der Waals surface area contributed by atoms with Gasteiger partial charge < -0.3 is 10.0 Å². The minimum Gasteiger partial charge on any atom is -0.480 e. The van der Waals surface area contributed by atoms with Crippen molar-refractivity contribution in [2.45, 2.75) is 52.5 Å². The molecule has 6 heteroatoms. The third-order valence-electron chi connectivity index (χ3n) is 3.30. The monoisotopic (exact) mass is 298 g/mol. The van der Waals surface area contributed by atoms with Crippen molar-refractivity contribution in [3.05, 3.63) is 15.6 Å². The van der Waals surface area contributed by atoms with Crippen LogP contribution in [-0.4, -0.2) is 39.5 Å². The van der Waals surface area contributed by atoms with Gasteiger partial charge in [-0.3, -0.25) is 4.79 Å². The zero-order chi connectivity index (χ0) is 15.9. The molecule has 1 amide bonds. The summed E-state index contributed by atoms with van der Waals surface area (Å²) in [4.78, 5) is 29.9. The first-order valence-corrected chi connectivity index (χ1v) is 7.20. The molecule has 0 saturated heterocycles. The van der Waals surface area contributed by atoms with Crippen LogP contribution in [0, 0.1) is 6.92 Å². The summed E-state index contributed by atoms with van der Waals surface area (Å²) in [6, 6.07) is 0. The summed E-state index contributed by atoms with van der Waals surface area (Å²) in [5, 5.41) is 10.1. The molecular formula is C14H22N2O3S. The van der Waals surface area contributed by atoms with Crippen molar-refractivity contribution in [3.63, 3.8) is 0 Å². The summed E-state index contributed by atoms with van der Waals surface area (Å²) in [5.41, 5.74) is -0.734. The van der Waals surface area contributed by atoms with Crippen LogP contribution in [0.2, 0.25) is 0 Å². The number of likely N-dealkylation sites (N-methyl/N-ethyl adjacent to an activating group) is 1. The molecule has 0 aliphatic rings. The number of carboxylic acid groups (broad SMARTS) is 1. The average Bonchev–Trinajstić information content (AvgIpc) is 2.68. The Morgan fingerprint density at radius 1 is 1.20 bits per heavy atom. The van der Waals surface area contributed by atoms with E-state index in [0.717, 1.165) is 5.01 Å². The summed E-state index contributed by atoms with van der Waals surface area (Å²) in [6.07, 6.45) is 0. The van der Waals surface area contributed by atoms with Gasteiger partial charge in [-0.15, -0.1) is 11.3 Å². The van der Waals surface area contributed by atoms with Crippen LogP contribution in [0.1, 0.15) is 55.0 Å². The van der Waals surface area contributed by atoms with Gasteiger partial charge in [-0.05, 0) is 20.8 Å². The van der Waals surface area contributed by atoms with Crippen molar-refractivity contribution in [2.24, 2.45) is 0 Å². The van der Waals surface area contributed by atoms with Gasteiger partial charge in [0.05, 0.1) is 10.7 Å². The highest BCUT2D eigenvalue weighted by Crippen LogP contribution is 2.30. The van der Waals surface area contributed by atoms with Crippen molar-refractivity contribution >= 4 is 23.2 Å². The number of hydrogen-bond donors (Lipinski definition) is 1. The van der Waals surface area contributed by atoms with E-state index in [1.165, 1.54) is 37.1 Å². The largest absolute Gasteiger partial charge is 0.480 e. The predicted molar refractivity (Wildman–Crippen MR) is 79.4 cm³/mol. The second-order valence-electron chi connectivity index (χ2n) is 6.41. The first-order valence-electron chi connectivity index (χ1n) is 6.38. The molecule has 5 nitrogen and oxygen atoms in total. The van der Waals surface area contributed by atoms with Gasteiger partial charge in [0.1, 0.15) is 10.4 Å². The van der Waals surface area contributed by atoms with E-state index in [9.17, 15) is 14.7 Å². The molecule has 112 valence electrons. The minimum absolute atomic E-state index is 0.130. The maximum atomic E-state index is 12.5. The Kier molecular flexibility index (Phi) is 4.29. The maximum Gasteiger partial charge on any atom is 0.329 e. The van der Waals surface area contributed by atoms with E-state index < -0.39 is 11.5 Å². The fraction of sp³-hybridized carbons (Fsp3) is 0.643. The second-order valence-corrected chi connectivity index (χ2v) is 7.41. The zero-order valence-corrected chi connectivity index (χ0v) is 13.9. The molecule has 1 aromatic heterocycles. The quantitative estimate of drug-likeness (QED) is 0.931. The minimum atomic E-state index is -1.25. The molecule has 0 aliphatic carbocycles. The molecule has 0 radical (unpaired) electrons. The lowest BCUT2D eigenvalue weighted by Crippen LogP contribution is -2.50. The lowest BCUT2D eigenvalue weighted by atomic mass is 9.98. The van der Waals surface area contributed by atoms with Gasteiger partial charge in [-0.2, -0.15) is 0 Å². The SMILES string of the molecule is Cc1nc(C(C)(C)C)sc1C(=O)N(C)C(C)(C)C(=O)O. The Hall–Kier alpha value is -1.43. The van der Waals surface area contributed by atoms with Crippen LogP contribution in [0.5, 0.6) is 0 Å². The van der Waals surface area contributed by atoms with Crippen LogP contribution in [0.4, 0.5) is 0 Å². The number of aromatic nitrogens is 1. The summed E-state index contributed by atoms with van der Waals surface area (Å²) >= 11 is 1.34. The molecule has 1 N–H and O–H groups in total. The summed E-state index contributed by atoms with van der Waals surface area (Å²) in [5.74, 6) is -1.34. The van der Waals surface area contributed by atoms with Crippen molar-refractivity contribution in [3.8, 4) is 0 Å². The molecule has 0 bridgehead atoms. The number of carbonyl (C=O) groups is 2. The number of hydrogen-bond acceptors (Lipinski definition) is 4. The van der Waals surface area contributed by atoms with Gasteiger partial charge in [0, 0.05) is 12.5 Å². The second kappa shape index (κ2) is 5.16. The van der Waals surface area contributed by atoms with E-state index in [1.54, 1.807) is 6.92 Å². The highest BCUT2D eigenvalue weighted by molar-refractivity contribution is 7.14. The first kappa shape index (κ1) is 16.6. The molecule has 1 aromatic rings. The lowest BCUT2D eigenvalue weighted by molar-refractivity contribution is -0.147. The third-order valence-corrected chi connectivity index (χ3v) is 4.87. The van der Waals surface area contributed by atoms with Gasteiger partial charge in [0.25, 0.3) is 5.91 Å². The van der Waals surface area contributed by atoms with Gasteiger partial charge in [-0.1, -0.05) is 20.8 Å². The van der Waals surface area contributed by atoms with Crippen molar-refractivity contribution < 1.29 is 14.7 Å². The number of nitrogens with zero attached hydrogens (tertiary/aromatic N) is 2. The van der Waals surface area contributed by atoms with Gasteiger partial charge in [0.15, 0.2) is 0 Å². The Balaban J connectivity index is 3.17.